The van der Waals surface area contributed by atoms with Crippen molar-refractivity contribution < 1.29 is 33.7 Å². The predicted molar refractivity (Wildman–Crippen MR) is 177 cm³/mol. The van der Waals surface area contributed by atoms with Gasteiger partial charge in [0.05, 0.1) is 19.2 Å². The molecular formula is C34H55FN2O6S. The van der Waals surface area contributed by atoms with Gasteiger partial charge in [-0.2, -0.15) is 11.8 Å². The van der Waals surface area contributed by atoms with Gasteiger partial charge in [-0.3, -0.25) is 14.0 Å². The van der Waals surface area contributed by atoms with Gasteiger partial charge in [-0.05, 0) is 61.3 Å². The summed E-state index contributed by atoms with van der Waals surface area (Å²) in [7, 11) is 0. The number of thioether (sulfide) groups is 1. The van der Waals surface area contributed by atoms with Crippen LogP contribution in [0, 0.1) is 5.92 Å². The highest BCUT2D eigenvalue weighted by molar-refractivity contribution is 7.99. The van der Waals surface area contributed by atoms with Crippen molar-refractivity contribution in [1.82, 2.24) is 5.32 Å². The normalized spacial score (nSPS) is 14.2. The van der Waals surface area contributed by atoms with Crippen LogP contribution in [-0.4, -0.2) is 64.4 Å². The van der Waals surface area contributed by atoms with E-state index in [1.807, 2.05) is 11.8 Å². The van der Waals surface area contributed by atoms with Gasteiger partial charge in [0.2, 0.25) is 11.8 Å². The van der Waals surface area contributed by atoms with Crippen LogP contribution < -0.4 is 15.8 Å². The molecule has 1 rings (SSSR count). The van der Waals surface area contributed by atoms with Gasteiger partial charge in [-0.15, -0.1) is 0 Å². The predicted octanol–water partition coefficient (Wildman–Crippen LogP) is 6.38. The molecule has 0 heterocycles. The molecule has 0 aliphatic carbocycles. The highest BCUT2D eigenvalue weighted by Gasteiger charge is 2.47. The molecule has 0 aliphatic heterocycles. The minimum Gasteiger partial charge on any atom is -0.494 e. The van der Waals surface area contributed by atoms with Crippen molar-refractivity contribution in [3.63, 3.8) is 0 Å². The Bertz CT molecular complexity index is 977. The summed E-state index contributed by atoms with van der Waals surface area (Å²) in [5, 5.41) is 23.1. The van der Waals surface area contributed by atoms with E-state index in [1.165, 1.54) is 43.9 Å². The van der Waals surface area contributed by atoms with Crippen LogP contribution in [0.1, 0.15) is 103 Å². The van der Waals surface area contributed by atoms with Crippen LogP contribution in [-0.2, 0) is 20.8 Å². The first-order valence-electron chi connectivity index (χ1n) is 16.3. The number of nitrogens with one attached hydrogen (secondary N) is 1. The Hall–Kier alpha value is -2.59. The summed E-state index contributed by atoms with van der Waals surface area (Å²) in [5.41, 5.74) is 3.59. The SMILES string of the molecule is CCCCCCCSCCCCCCC=C[C@H](C(=O)N[C@@H](Cc1ccc(OCCCC)cc1)C(N)=O)[C@@](O)(CCF)C(=O)O. The lowest BCUT2D eigenvalue weighted by Crippen LogP contribution is -2.55. The third kappa shape index (κ3) is 15.9. The van der Waals surface area contributed by atoms with Gasteiger partial charge in [0.1, 0.15) is 11.8 Å². The monoisotopic (exact) mass is 638 g/mol. The summed E-state index contributed by atoms with van der Waals surface area (Å²) >= 11 is 2.00. The first-order valence-corrected chi connectivity index (χ1v) is 17.4. The zero-order valence-corrected chi connectivity index (χ0v) is 27.6. The van der Waals surface area contributed by atoms with Crippen LogP contribution in [0.3, 0.4) is 0 Å². The number of carbonyl (C=O) groups is 3. The van der Waals surface area contributed by atoms with Gasteiger partial charge in [0.25, 0.3) is 0 Å². The highest BCUT2D eigenvalue weighted by atomic mass is 32.2. The number of carboxylic acid groups (broad SMARTS) is 1. The fraction of sp³-hybridized carbons (Fsp3) is 0.676. The molecule has 44 heavy (non-hydrogen) atoms. The Balaban J connectivity index is 2.72. The van der Waals surface area contributed by atoms with Gasteiger partial charge in [-0.1, -0.05) is 83.1 Å². The quantitative estimate of drug-likeness (QED) is 0.0648. The van der Waals surface area contributed by atoms with Crippen molar-refractivity contribution >= 4 is 29.5 Å². The first kappa shape index (κ1) is 39.4. The number of allylic oxidation sites excluding steroid dienone is 1. The van der Waals surface area contributed by atoms with Gasteiger partial charge in [0.15, 0.2) is 5.60 Å². The lowest BCUT2D eigenvalue weighted by Gasteiger charge is -2.30. The van der Waals surface area contributed by atoms with E-state index in [0.29, 0.717) is 24.3 Å². The number of primary amides is 1. The maximum absolute atomic E-state index is 13.3. The second-order valence-corrected chi connectivity index (χ2v) is 12.5. The second kappa shape index (κ2) is 23.7. The number of hydrogen-bond donors (Lipinski definition) is 4. The van der Waals surface area contributed by atoms with Crippen molar-refractivity contribution in [3.05, 3.63) is 42.0 Å². The van der Waals surface area contributed by atoms with Crippen molar-refractivity contribution in [1.29, 1.82) is 0 Å². The molecule has 8 nitrogen and oxygen atoms in total. The molecule has 10 heteroatoms. The maximum atomic E-state index is 13.3. The Morgan fingerprint density at radius 1 is 0.977 bits per heavy atom. The number of rotatable bonds is 27. The van der Waals surface area contributed by atoms with Gasteiger partial charge in [0, 0.05) is 12.8 Å². The summed E-state index contributed by atoms with van der Waals surface area (Å²) < 4.78 is 19.0. The lowest BCUT2D eigenvalue weighted by atomic mass is 9.83. The van der Waals surface area contributed by atoms with E-state index in [2.05, 4.69) is 19.2 Å². The van der Waals surface area contributed by atoms with E-state index >= 15 is 0 Å². The Labute approximate surface area is 267 Å². The number of nitrogens with two attached hydrogens (primary N) is 1. The molecule has 0 fully saturated rings. The number of amides is 2. The van der Waals surface area contributed by atoms with E-state index in [4.69, 9.17) is 10.5 Å². The molecule has 3 atom stereocenters. The molecule has 0 saturated carbocycles. The average molecular weight is 639 g/mol. The van der Waals surface area contributed by atoms with Crippen LogP contribution in [0.2, 0.25) is 0 Å². The molecule has 0 spiro atoms. The number of ether oxygens (including phenoxy) is 1. The zero-order chi connectivity index (χ0) is 32.6. The number of aliphatic carboxylic acids is 1. The maximum Gasteiger partial charge on any atom is 0.336 e. The largest absolute Gasteiger partial charge is 0.494 e. The molecule has 0 bridgehead atoms. The number of unbranched alkanes of at least 4 members (excludes halogenated alkanes) is 9. The summed E-state index contributed by atoms with van der Waals surface area (Å²) in [5.74, 6) is -2.02. The molecule has 0 saturated heterocycles. The summed E-state index contributed by atoms with van der Waals surface area (Å²) in [6.07, 6.45) is 15.3. The van der Waals surface area contributed by atoms with Gasteiger partial charge >= 0.3 is 5.97 Å². The summed E-state index contributed by atoms with van der Waals surface area (Å²) in [6.45, 7) is 3.74. The van der Waals surface area contributed by atoms with E-state index in [1.54, 1.807) is 30.3 Å². The third-order valence-corrected chi connectivity index (χ3v) is 8.72. The second-order valence-electron chi connectivity index (χ2n) is 11.3. The number of hydrogen-bond acceptors (Lipinski definition) is 6. The summed E-state index contributed by atoms with van der Waals surface area (Å²) in [4.78, 5) is 37.5. The van der Waals surface area contributed by atoms with Gasteiger partial charge in [-0.25, -0.2) is 4.79 Å². The van der Waals surface area contributed by atoms with Crippen molar-refractivity contribution in [2.24, 2.45) is 11.7 Å². The first-order chi connectivity index (χ1) is 21.2. The molecule has 5 N–H and O–H groups in total. The smallest absolute Gasteiger partial charge is 0.336 e. The van der Waals surface area contributed by atoms with Crippen LogP contribution in [0.15, 0.2) is 36.4 Å². The van der Waals surface area contributed by atoms with E-state index in [-0.39, 0.29) is 6.42 Å². The van der Waals surface area contributed by atoms with E-state index in [0.717, 1.165) is 44.3 Å². The minimum absolute atomic E-state index is 0.0541. The Morgan fingerprint density at radius 3 is 2.16 bits per heavy atom. The van der Waals surface area contributed by atoms with Crippen molar-refractivity contribution in [2.45, 2.75) is 115 Å². The van der Waals surface area contributed by atoms with E-state index < -0.39 is 48.4 Å². The molecular weight excluding hydrogens is 583 g/mol. The number of carboxylic acids is 1. The van der Waals surface area contributed by atoms with Crippen LogP contribution in [0.5, 0.6) is 5.75 Å². The van der Waals surface area contributed by atoms with Crippen molar-refractivity contribution in [3.8, 4) is 5.75 Å². The minimum atomic E-state index is -2.68. The topological polar surface area (TPSA) is 139 Å². The number of halogens is 1. The lowest BCUT2D eigenvalue weighted by molar-refractivity contribution is -0.167. The average Bonchev–Trinajstić information content (AvgIpc) is 2.99. The molecule has 1 aromatic rings. The fourth-order valence-electron chi connectivity index (χ4n) is 4.74. The van der Waals surface area contributed by atoms with Crippen LogP contribution in [0.4, 0.5) is 4.39 Å². The molecule has 0 aromatic heterocycles. The van der Waals surface area contributed by atoms with Crippen LogP contribution in [0.25, 0.3) is 0 Å². The van der Waals surface area contributed by atoms with E-state index in [9.17, 15) is 29.0 Å². The Morgan fingerprint density at radius 2 is 1.59 bits per heavy atom. The molecule has 250 valence electrons. The molecule has 2 amide bonds. The third-order valence-electron chi connectivity index (χ3n) is 7.56. The zero-order valence-electron chi connectivity index (χ0n) is 26.7. The fourth-order valence-corrected chi connectivity index (χ4v) is 5.76. The molecule has 0 unspecified atom stereocenters. The molecule has 0 radical (unpaired) electrons. The molecule has 1 aromatic carbocycles. The number of aliphatic hydroxyl groups is 1. The molecule has 0 aliphatic rings. The number of carbonyl (C=O) groups excluding carboxylic acids is 2. The number of alkyl halides is 1. The highest BCUT2D eigenvalue weighted by Crippen LogP contribution is 2.26. The number of benzene rings is 1. The Kier molecular flexibility index (Phi) is 21.3. The summed E-state index contributed by atoms with van der Waals surface area (Å²) in [6, 6.07) is 5.86. The van der Waals surface area contributed by atoms with Crippen LogP contribution >= 0.6 is 11.8 Å². The van der Waals surface area contributed by atoms with Crippen molar-refractivity contribution in [2.75, 3.05) is 24.8 Å². The van der Waals surface area contributed by atoms with Gasteiger partial charge < -0.3 is 26.0 Å². The standard InChI is InChI=1S/C34H55FN2O6S/c1-3-5-7-11-14-24-44-25-15-12-9-8-10-13-16-29(34(42,21-22-35)33(40)41)32(39)37-30(31(36)38)26-27-17-19-28(20-18-27)43-23-6-4-2/h13,16-20,29-30,42H,3-12,14-15,21-26H2,1-2H3,(H2,36,38)(H,37,39)(H,40,41)/t29-,30+,34+/m1/s1.